The minimum Gasteiger partial charge on any atom is -0.463 e. The summed E-state index contributed by atoms with van der Waals surface area (Å²) in [6, 6.07) is 2.77. The van der Waals surface area contributed by atoms with E-state index < -0.39 is 5.97 Å². The zero-order valence-corrected chi connectivity index (χ0v) is 13.2. The minimum atomic E-state index is -0.491. The lowest BCUT2D eigenvalue weighted by atomic mass is 10.1. The van der Waals surface area contributed by atoms with Crippen LogP contribution in [0, 0.1) is 6.92 Å². The van der Waals surface area contributed by atoms with Crippen molar-refractivity contribution in [2.24, 2.45) is 0 Å². The molecular weight excluding hydrogens is 268 g/mol. The third-order valence-electron chi connectivity index (χ3n) is 3.97. The van der Waals surface area contributed by atoms with E-state index in [0.29, 0.717) is 12.1 Å². The number of ether oxygens (including phenoxy) is 1. The molecule has 1 aliphatic heterocycles. The van der Waals surface area contributed by atoms with Crippen LogP contribution in [0.2, 0.25) is 0 Å². The fraction of sp³-hybridized carbons (Fsp3) is 0.667. The molecule has 0 spiro atoms. The molecule has 0 saturated carbocycles. The molecule has 0 amide bonds. The Bertz CT molecular complexity index is 506. The molecule has 2 unspecified atom stereocenters. The second-order valence-electron chi connectivity index (χ2n) is 5.41. The largest absolute Gasteiger partial charge is 0.463 e. The predicted molar refractivity (Wildman–Crippen MR) is 81.6 cm³/mol. The van der Waals surface area contributed by atoms with Crippen LogP contribution in [0.5, 0.6) is 0 Å². The van der Waals surface area contributed by atoms with Gasteiger partial charge in [-0.05, 0) is 19.8 Å². The highest BCUT2D eigenvalue weighted by atomic mass is 16.5. The average Bonchev–Trinajstić information content (AvgIpc) is 2.52. The fourth-order valence-corrected chi connectivity index (χ4v) is 2.66. The standard InChI is InChI=1S/C15H24N4O2/c1-5-11-9-19(12(6-2)8-16-11)13-7-10(3)17-14(18-13)15(20)21-4/h7,11-12,16H,5-6,8-9H2,1-4H3. The number of aromatic nitrogens is 2. The molecule has 2 heterocycles. The molecule has 0 radical (unpaired) electrons. The number of piperazine rings is 1. The normalized spacial score (nSPS) is 22.2. The summed E-state index contributed by atoms with van der Waals surface area (Å²) in [4.78, 5) is 22.5. The molecule has 1 N–H and O–H groups in total. The smallest absolute Gasteiger partial charge is 0.376 e. The van der Waals surface area contributed by atoms with Crippen LogP contribution in [0.4, 0.5) is 5.82 Å². The van der Waals surface area contributed by atoms with E-state index in [9.17, 15) is 4.79 Å². The summed E-state index contributed by atoms with van der Waals surface area (Å²) >= 11 is 0. The summed E-state index contributed by atoms with van der Waals surface area (Å²) < 4.78 is 4.73. The van der Waals surface area contributed by atoms with E-state index in [1.165, 1.54) is 7.11 Å². The number of aryl methyl sites for hydroxylation is 1. The van der Waals surface area contributed by atoms with Crippen molar-refractivity contribution in [2.45, 2.75) is 45.7 Å². The highest BCUT2D eigenvalue weighted by molar-refractivity contribution is 5.85. The summed E-state index contributed by atoms with van der Waals surface area (Å²) in [5, 5.41) is 3.56. The Balaban J connectivity index is 2.33. The molecule has 6 nitrogen and oxygen atoms in total. The van der Waals surface area contributed by atoms with E-state index in [-0.39, 0.29) is 5.82 Å². The number of hydrogen-bond donors (Lipinski definition) is 1. The minimum absolute atomic E-state index is 0.133. The second kappa shape index (κ2) is 6.85. The van der Waals surface area contributed by atoms with Gasteiger partial charge in [0, 0.05) is 36.9 Å². The molecule has 1 saturated heterocycles. The van der Waals surface area contributed by atoms with Crippen LogP contribution in [0.1, 0.15) is 43.0 Å². The SMILES string of the molecule is CCC1CN(c2cc(C)nc(C(=O)OC)n2)C(CC)CN1. The topological polar surface area (TPSA) is 67.4 Å². The lowest BCUT2D eigenvalue weighted by molar-refractivity contribution is 0.0586. The van der Waals surface area contributed by atoms with E-state index in [0.717, 1.165) is 37.4 Å². The predicted octanol–water partition coefficient (Wildman–Crippen LogP) is 1.54. The van der Waals surface area contributed by atoms with Crippen LogP contribution >= 0.6 is 0 Å². The molecule has 0 bridgehead atoms. The number of methoxy groups -OCH3 is 1. The second-order valence-corrected chi connectivity index (χ2v) is 5.41. The molecule has 1 aliphatic rings. The Hall–Kier alpha value is -1.69. The summed E-state index contributed by atoms with van der Waals surface area (Å²) in [5.74, 6) is 0.457. The number of hydrogen-bond acceptors (Lipinski definition) is 6. The Labute approximate surface area is 125 Å². The van der Waals surface area contributed by atoms with Crippen LogP contribution < -0.4 is 10.2 Å². The van der Waals surface area contributed by atoms with E-state index in [2.05, 4.69) is 34.0 Å². The third kappa shape index (κ3) is 3.50. The molecule has 2 rings (SSSR count). The first-order valence-electron chi connectivity index (χ1n) is 7.53. The molecule has 2 atom stereocenters. The van der Waals surface area contributed by atoms with Crippen molar-refractivity contribution >= 4 is 11.8 Å². The lowest BCUT2D eigenvalue weighted by Gasteiger charge is -2.40. The van der Waals surface area contributed by atoms with Gasteiger partial charge < -0.3 is 15.0 Å². The number of nitrogens with one attached hydrogen (secondary N) is 1. The summed E-state index contributed by atoms with van der Waals surface area (Å²) in [6.45, 7) is 8.05. The maximum Gasteiger partial charge on any atom is 0.376 e. The quantitative estimate of drug-likeness (QED) is 0.849. The van der Waals surface area contributed by atoms with Crippen molar-refractivity contribution in [1.29, 1.82) is 0 Å². The Morgan fingerprint density at radius 3 is 2.81 bits per heavy atom. The molecular formula is C15H24N4O2. The average molecular weight is 292 g/mol. The molecule has 1 aromatic rings. The maximum atomic E-state index is 11.7. The van der Waals surface area contributed by atoms with Crippen LogP contribution in [0.25, 0.3) is 0 Å². The van der Waals surface area contributed by atoms with Gasteiger partial charge in [0.05, 0.1) is 7.11 Å². The van der Waals surface area contributed by atoms with E-state index in [1.54, 1.807) is 0 Å². The Morgan fingerprint density at radius 2 is 2.19 bits per heavy atom. The van der Waals surface area contributed by atoms with Crippen LogP contribution in [0.3, 0.4) is 0 Å². The molecule has 116 valence electrons. The first-order chi connectivity index (χ1) is 10.1. The fourth-order valence-electron chi connectivity index (χ4n) is 2.66. The van der Waals surface area contributed by atoms with Gasteiger partial charge in [-0.15, -0.1) is 0 Å². The number of rotatable bonds is 4. The van der Waals surface area contributed by atoms with E-state index in [4.69, 9.17) is 4.74 Å². The number of nitrogens with zero attached hydrogens (tertiary/aromatic N) is 3. The van der Waals surface area contributed by atoms with Gasteiger partial charge in [-0.25, -0.2) is 14.8 Å². The molecule has 0 aromatic carbocycles. The van der Waals surface area contributed by atoms with Crippen molar-refractivity contribution in [3.8, 4) is 0 Å². The Kier molecular flexibility index (Phi) is 5.12. The van der Waals surface area contributed by atoms with Gasteiger partial charge in [-0.2, -0.15) is 0 Å². The van der Waals surface area contributed by atoms with Gasteiger partial charge >= 0.3 is 5.97 Å². The monoisotopic (exact) mass is 292 g/mol. The van der Waals surface area contributed by atoms with Crippen LogP contribution in [-0.4, -0.2) is 48.2 Å². The summed E-state index contributed by atoms with van der Waals surface area (Å²) in [5.41, 5.74) is 0.779. The number of esters is 1. The van der Waals surface area contributed by atoms with Gasteiger partial charge in [0.25, 0.3) is 0 Å². The van der Waals surface area contributed by atoms with Crippen molar-refractivity contribution < 1.29 is 9.53 Å². The van der Waals surface area contributed by atoms with Crippen molar-refractivity contribution in [3.63, 3.8) is 0 Å². The first-order valence-corrected chi connectivity index (χ1v) is 7.53. The molecule has 6 heteroatoms. The highest BCUT2D eigenvalue weighted by Crippen LogP contribution is 2.21. The van der Waals surface area contributed by atoms with Crippen LogP contribution in [-0.2, 0) is 4.74 Å². The van der Waals surface area contributed by atoms with Gasteiger partial charge in [-0.1, -0.05) is 13.8 Å². The van der Waals surface area contributed by atoms with E-state index >= 15 is 0 Å². The lowest BCUT2D eigenvalue weighted by Crippen LogP contribution is -2.56. The first kappa shape index (κ1) is 15.7. The maximum absolute atomic E-state index is 11.7. The number of carbonyl (C=O) groups is 1. The highest BCUT2D eigenvalue weighted by Gasteiger charge is 2.27. The van der Waals surface area contributed by atoms with E-state index in [1.807, 2.05) is 13.0 Å². The summed E-state index contributed by atoms with van der Waals surface area (Å²) in [6.07, 6.45) is 2.10. The number of carbonyl (C=O) groups excluding carboxylic acids is 1. The van der Waals surface area contributed by atoms with Gasteiger partial charge in [-0.3, -0.25) is 0 Å². The molecule has 1 fully saturated rings. The van der Waals surface area contributed by atoms with Crippen LogP contribution in [0.15, 0.2) is 6.07 Å². The number of anilines is 1. The van der Waals surface area contributed by atoms with Crippen molar-refractivity contribution in [1.82, 2.24) is 15.3 Å². The zero-order chi connectivity index (χ0) is 15.4. The van der Waals surface area contributed by atoms with Gasteiger partial charge in [0.15, 0.2) is 0 Å². The molecule has 0 aliphatic carbocycles. The zero-order valence-electron chi connectivity index (χ0n) is 13.2. The molecule has 21 heavy (non-hydrogen) atoms. The van der Waals surface area contributed by atoms with Gasteiger partial charge in [0.2, 0.25) is 5.82 Å². The third-order valence-corrected chi connectivity index (χ3v) is 3.97. The van der Waals surface area contributed by atoms with Crippen molar-refractivity contribution in [3.05, 3.63) is 17.6 Å². The Morgan fingerprint density at radius 1 is 1.43 bits per heavy atom. The molecule has 1 aromatic heterocycles. The van der Waals surface area contributed by atoms with Crippen molar-refractivity contribution in [2.75, 3.05) is 25.1 Å². The van der Waals surface area contributed by atoms with Gasteiger partial charge in [0.1, 0.15) is 5.82 Å². The summed E-state index contributed by atoms with van der Waals surface area (Å²) in [7, 11) is 1.35.